The van der Waals surface area contributed by atoms with E-state index in [0.717, 1.165) is 0 Å². The second kappa shape index (κ2) is 3.71. The van der Waals surface area contributed by atoms with Gasteiger partial charge in [0.1, 0.15) is 0 Å². The zero-order valence-corrected chi connectivity index (χ0v) is 5.34. The highest BCUT2D eigenvalue weighted by atomic mass is 16.2. The Labute approximate surface area is 53.0 Å². The van der Waals surface area contributed by atoms with Crippen LogP contribution >= 0.6 is 0 Å². The fourth-order valence-electron chi connectivity index (χ4n) is 0.203. The number of carbonyl (C=O) groups excluding carboxylic acids is 2. The molecular formula is C4H9N3O2. The molecule has 0 fully saturated rings. The van der Waals surface area contributed by atoms with Crippen LogP contribution in [0, 0.1) is 0 Å². The normalized spacial score (nSPS) is 7.78. The third kappa shape index (κ3) is 3.33. The summed E-state index contributed by atoms with van der Waals surface area (Å²) in [6.45, 7) is 0. The first-order chi connectivity index (χ1) is 4.18. The van der Waals surface area contributed by atoms with Crippen molar-refractivity contribution in [1.82, 2.24) is 15.8 Å². The van der Waals surface area contributed by atoms with Crippen molar-refractivity contribution in [2.75, 3.05) is 14.1 Å². The van der Waals surface area contributed by atoms with Crippen LogP contribution in [0.3, 0.4) is 0 Å². The molecule has 0 aliphatic rings. The lowest BCUT2D eigenvalue weighted by molar-refractivity contribution is -0.110. The molecule has 0 atom stereocenters. The number of carbonyl (C=O) groups is 2. The number of urea groups is 1. The van der Waals surface area contributed by atoms with E-state index in [1.165, 1.54) is 4.90 Å². The SMILES string of the molecule is CN(C)C(=O)NNC=O. The average molecular weight is 131 g/mol. The predicted molar refractivity (Wildman–Crippen MR) is 31.4 cm³/mol. The monoisotopic (exact) mass is 131 g/mol. The summed E-state index contributed by atoms with van der Waals surface area (Å²) in [6.07, 6.45) is 0.390. The second-order valence-corrected chi connectivity index (χ2v) is 1.59. The molecule has 2 N–H and O–H groups in total. The van der Waals surface area contributed by atoms with E-state index >= 15 is 0 Å². The number of hydrogen-bond acceptors (Lipinski definition) is 2. The Morgan fingerprint density at radius 2 is 2.11 bits per heavy atom. The van der Waals surface area contributed by atoms with Gasteiger partial charge in [0.2, 0.25) is 6.41 Å². The summed E-state index contributed by atoms with van der Waals surface area (Å²) in [5.74, 6) is 0. The lowest BCUT2D eigenvalue weighted by Gasteiger charge is -2.09. The molecule has 52 valence electrons. The number of hydrazine groups is 1. The molecule has 0 spiro atoms. The lowest BCUT2D eigenvalue weighted by Crippen LogP contribution is -2.42. The number of hydrogen-bond donors (Lipinski definition) is 2. The van der Waals surface area contributed by atoms with E-state index in [0.29, 0.717) is 6.41 Å². The summed E-state index contributed by atoms with van der Waals surface area (Å²) < 4.78 is 0. The van der Waals surface area contributed by atoms with Gasteiger partial charge in [0, 0.05) is 14.1 Å². The van der Waals surface area contributed by atoms with Crippen LogP contribution in [0.15, 0.2) is 0 Å². The zero-order chi connectivity index (χ0) is 7.28. The molecule has 0 aliphatic heterocycles. The Hall–Kier alpha value is -1.26. The summed E-state index contributed by atoms with van der Waals surface area (Å²) in [5.41, 5.74) is 4.11. The molecule has 0 saturated heterocycles. The maximum Gasteiger partial charge on any atom is 0.335 e. The molecule has 0 saturated carbocycles. The minimum absolute atomic E-state index is 0.359. The minimum Gasteiger partial charge on any atom is -0.330 e. The Balaban J connectivity index is 3.38. The van der Waals surface area contributed by atoms with E-state index in [4.69, 9.17) is 0 Å². The van der Waals surface area contributed by atoms with Crippen LogP contribution in [0.2, 0.25) is 0 Å². The van der Waals surface area contributed by atoms with Crippen LogP contribution < -0.4 is 10.9 Å². The Kier molecular flexibility index (Phi) is 3.19. The highest BCUT2D eigenvalue weighted by Gasteiger charge is 1.97. The van der Waals surface area contributed by atoms with Gasteiger partial charge >= 0.3 is 6.03 Å². The van der Waals surface area contributed by atoms with Gasteiger partial charge in [0.25, 0.3) is 0 Å². The zero-order valence-electron chi connectivity index (χ0n) is 5.34. The van der Waals surface area contributed by atoms with Crippen molar-refractivity contribution < 1.29 is 9.59 Å². The molecule has 0 aromatic heterocycles. The second-order valence-electron chi connectivity index (χ2n) is 1.59. The predicted octanol–water partition coefficient (Wildman–Crippen LogP) is -1.08. The fourth-order valence-corrected chi connectivity index (χ4v) is 0.203. The molecule has 0 rings (SSSR count). The van der Waals surface area contributed by atoms with Crippen LogP contribution in [-0.4, -0.2) is 31.4 Å². The largest absolute Gasteiger partial charge is 0.335 e. The van der Waals surface area contributed by atoms with Gasteiger partial charge in [-0.05, 0) is 0 Å². The molecule has 0 radical (unpaired) electrons. The average Bonchev–Trinajstić information content (AvgIpc) is 1.82. The molecule has 5 heteroatoms. The van der Waals surface area contributed by atoms with Crippen molar-refractivity contribution in [3.05, 3.63) is 0 Å². The van der Waals surface area contributed by atoms with Gasteiger partial charge in [0.15, 0.2) is 0 Å². The molecule has 0 aromatic carbocycles. The highest BCUT2D eigenvalue weighted by Crippen LogP contribution is 1.70. The summed E-state index contributed by atoms with van der Waals surface area (Å²) >= 11 is 0. The first kappa shape index (κ1) is 7.74. The molecular weight excluding hydrogens is 122 g/mol. The lowest BCUT2D eigenvalue weighted by atomic mass is 10.9. The highest BCUT2D eigenvalue weighted by molar-refractivity contribution is 5.74. The number of nitrogens with one attached hydrogen (secondary N) is 2. The maximum absolute atomic E-state index is 10.5. The van der Waals surface area contributed by atoms with E-state index in [9.17, 15) is 9.59 Å². The van der Waals surface area contributed by atoms with Gasteiger partial charge in [0.05, 0.1) is 0 Å². The summed E-state index contributed by atoms with van der Waals surface area (Å²) in [6, 6.07) is -0.359. The van der Waals surface area contributed by atoms with Crippen LogP contribution in [-0.2, 0) is 4.79 Å². The van der Waals surface area contributed by atoms with Gasteiger partial charge in [-0.15, -0.1) is 0 Å². The van der Waals surface area contributed by atoms with Crippen LogP contribution in [0.1, 0.15) is 0 Å². The molecule has 0 unspecified atom stereocenters. The van der Waals surface area contributed by atoms with Gasteiger partial charge in [-0.1, -0.05) is 0 Å². The van der Waals surface area contributed by atoms with E-state index in [1.807, 2.05) is 5.43 Å². The standard InChI is InChI=1S/C4H9N3O2/c1-7(2)4(9)6-5-3-8/h3H,1-2H3,(H,5,8)(H,6,9). The quantitative estimate of drug-likeness (QED) is 0.370. The summed E-state index contributed by atoms with van der Waals surface area (Å²) in [7, 11) is 3.14. The smallest absolute Gasteiger partial charge is 0.330 e. The maximum atomic E-state index is 10.5. The van der Waals surface area contributed by atoms with E-state index in [2.05, 4.69) is 5.43 Å². The third-order valence-corrected chi connectivity index (χ3v) is 0.644. The van der Waals surface area contributed by atoms with E-state index in [-0.39, 0.29) is 6.03 Å². The van der Waals surface area contributed by atoms with Gasteiger partial charge < -0.3 is 4.90 Å². The van der Waals surface area contributed by atoms with Gasteiger partial charge in [-0.2, -0.15) is 0 Å². The topological polar surface area (TPSA) is 61.4 Å². The van der Waals surface area contributed by atoms with Crippen LogP contribution in [0.4, 0.5) is 4.79 Å². The Bertz CT molecular complexity index is 112. The van der Waals surface area contributed by atoms with Crippen molar-refractivity contribution in [2.45, 2.75) is 0 Å². The van der Waals surface area contributed by atoms with Crippen molar-refractivity contribution in [2.24, 2.45) is 0 Å². The molecule has 0 aliphatic carbocycles. The minimum atomic E-state index is -0.359. The van der Waals surface area contributed by atoms with E-state index in [1.54, 1.807) is 14.1 Å². The first-order valence-corrected chi connectivity index (χ1v) is 2.35. The number of amides is 3. The molecule has 5 nitrogen and oxygen atoms in total. The van der Waals surface area contributed by atoms with Crippen LogP contribution in [0.5, 0.6) is 0 Å². The third-order valence-electron chi connectivity index (χ3n) is 0.644. The Morgan fingerprint density at radius 1 is 1.56 bits per heavy atom. The van der Waals surface area contributed by atoms with Crippen molar-refractivity contribution >= 4 is 12.4 Å². The molecule has 3 amide bonds. The molecule has 0 aromatic rings. The summed E-state index contributed by atoms with van der Waals surface area (Å²) in [4.78, 5) is 21.4. The van der Waals surface area contributed by atoms with Gasteiger partial charge in [-0.3, -0.25) is 10.2 Å². The van der Waals surface area contributed by atoms with Crippen molar-refractivity contribution in [3.63, 3.8) is 0 Å². The molecule has 0 heterocycles. The Morgan fingerprint density at radius 3 is 2.44 bits per heavy atom. The van der Waals surface area contributed by atoms with Gasteiger partial charge in [-0.25, -0.2) is 10.2 Å². The summed E-state index contributed by atoms with van der Waals surface area (Å²) in [5, 5.41) is 0. The number of rotatable bonds is 2. The fraction of sp³-hybridized carbons (Fsp3) is 0.500. The van der Waals surface area contributed by atoms with E-state index < -0.39 is 0 Å². The molecule has 9 heavy (non-hydrogen) atoms. The van der Waals surface area contributed by atoms with Crippen molar-refractivity contribution in [1.29, 1.82) is 0 Å². The molecule has 0 bridgehead atoms. The number of nitrogens with zero attached hydrogens (tertiary/aromatic N) is 1. The van der Waals surface area contributed by atoms with Crippen molar-refractivity contribution in [3.8, 4) is 0 Å². The first-order valence-electron chi connectivity index (χ1n) is 2.35. The van der Waals surface area contributed by atoms with Crippen LogP contribution in [0.25, 0.3) is 0 Å².